The quantitative estimate of drug-likeness (QED) is 0.756. The normalized spacial score (nSPS) is 24.2. The molecule has 116 valence electrons. The maximum absolute atomic E-state index is 11.3. The number of ether oxygens (including phenoxy) is 1. The third-order valence-electron chi connectivity index (χ3n) is 4.15. The first-order chi connectivity index (χ1) is 9.87. The van der Waals surface area contributed by atoms with Gasteiger partial charge in [-0.2, -0.15) is 0 Å². The minimum absolute atomic E-state index is 0.131. The Morgan fingerprint density at radius 3 is 2.76 bits per heavy atom. The van der Waals surface area contributed by atoms with Gasteiger partial charge in [0.1, 0.15) is 11.4 Å². The molecule has 2 aliphatic heterocycles. The van der Waals surface area contributed by atoms with Gasteiger partial charge < -0.3 is 15.8 Å². The van der Waals surface area contributed by atoms with Crippen LogP contribution in [0, 0.1) is 0 Å². The van der Waals surface area contributed by atoms with Crippen molar-refractivity contribution in [1.29, 1.82) is 0 Å². The first kappa shape index (κ1) is 14.6. The molecule has 6 nitrogen and oxygen atoms in total. The van der Waals surface area contributed by atoms with Gasteiger partial charge in [-0.15, -0.1) is 0 Å². The van der Waals surface area contributed by atoms with E-state index in [9.17, 15) is 8.42 Å². The monoisotopic (exact) mass is 311 g/mol. The van der Waals surface area contributed by atoms with E-state index in [1.807, 2.05) is 6.07 Å². The van der Waals surface area contributed by atoms with E-state index in [4.69, 9.17) is 10.5 Å². The minimum atomic E-state index is -3.29. The molecule has 2 heterocycles. The number of anilines is 1. The van der Waals surface area contributed by atoms with E-state index in [-0.39, 0.29) is 11.6 Å². The molecule has 1 aromatic rings. The third kappa shape index (κ3) is 3.14. The fourth-order valence-corrected chi connectivity index (χ4v) is 3.74. The van der Waals surface area contributed by atoms with Crippen LogP contribution in [0.1, 0.15) is 30.9 Å². The Morgan fingerprint density at radius 1 is 1.38 bits per heavy atom. The Kier molecular flexibility index (Phi) is 3.59. The molecule has 7 heteroatoms. The molecular weight excluding hydrogens is 290 g/mol. The van der Waals surface area contributed by atoms with Crippen LogP contribution < -0.4 is 20.5 Å². The second-order valence-corrected chi connectivity index (χ2v) is 7.72. The molecule has 1 aromatic carbocycles. The van der Waals surface area contributed by atoms with Gasteiger partial charge in [0.25, 0.3) is 0 Å². The molecule has 0 radical (unpaired) electrons. The molecule has 0 aromatic heterocycles. The molecule has 4 N–H and O–H groups in total. The molecule has 3 rings (SSSR count). The van der Waals surface area contributed by atoms with Crippen LogP contribution in [0.3, 0.4) is 0 Å². The highest BCUT2D eigenvalue weighted by Crippen LogP contribution is 2.43. The molecule has 0 saturated carbocycles. The summed E-state index contributed by atoms with van der Waals surface area (Å²) in [6, 6.07) is 5.17. The van der Waals surface area contributed by atoms with E-state index in [1.165, 1.54) is 0 Å². The number of fused-ring (bicyclic) bond motifs is 1. The lowest BCUT2D eigenvalue weighted by molar-refractivity contribution is 0.00796. The molecule has 0 amide bonds. The fourth-order valence-electron chi connectivity index (χ4n) is 3.18. The highest BCUT2D eigenvalue weighted by molar-refractivity contribution is 7.92. The first-order valence-electron chi connectivity index (χ1n) is 7.14. The average Bonchev–Trinajstić information content (AvgIpc) is 2.39. The van der Waals surface area contributed by atoms with E-state index in [0.29, 0.717) is 5.69 Å². The third-order valence-corrected chi connectivity index (χ3v) is 4.75. The SMILES string of the molecule is CS(=O)(=O)Nc1ccc2c(c1)C(N)CC1(CCNCC1)O2. The predicted octanol–water partition coefficient (Wildman–Crippen LogP) is 0.963. The van der Waals surface area contributed by atoms with Gasteiger partial charge in [0, 0.05) is 23.7 Å². The van der Waals surface area contributed by atoms with Gasteiger partial charge in [-0.25, -0.2) is 8.42 Å². The smallest absolute Gasteiger partial charge is 0.229 e. The molecule has 1 atom stereocenters. The van der Waals surface area contributed by atoms with E-state index in [0.717, 1.165) is 49.9 Å². The zero-order valence-electron chi connectivity index (χ0n) is 12.1. The summed E-state index contributed by atoms with van der Waals surface area (Å²) in [5.41, 5.74) is 7.52. The zero-order valence-corrected chi connectivity index (χ0v) is 12.9. The molecular formula is C14H21N3O3S. The van der Waals surface area contributed by atoms with Crippen LogP contribution in [0.15, 0.2) is 18.2 Å². The maximum Gasteiger partial charge on any atom is 0.229 e. The van der Waals surface area contributed by atoms with Crippen molar-refractivity contribution < 1.29 is 13.2 Å². The largest absolute Gasteiger partial charge is 0.487 e. The van der Waals surface area contributed by atoms with Gasteiger partial charge in [0.15, 0.2) is 0 Å². The molecule has 1 saturated heterocycles. The van der Waals surface area contributed by atoms with Gasteiger partial charge in [0.05, 0.1) is 6.26 Å². The van der Waals surface area contributed by atoms with Crippen LogP contribution in [0.2, 0.25) is 0 Å². The summed E-state index contributed by atoms with van der Waals surface area (Å²) in [6.45, 7) is 1.88. The van der Waals surface area contributed by atoms with Gasteiger partial charge in [-0.3, -0.25) is 4.72 Å². The second kappa shape index (κ2) is 5.15. The Bertz CT molecular complexity index is 639. The fraction of sp³-hybridized carbons (Fsp3) is 0.571. The standard InChI is InChI=1S/C14H21N3O3S/c1-21(18,19)17-10-2-3-13-11(8-10)12(15)9-14(20-13)4-6-16-7-5-14/h2-3,8,12,16-17H,4-7,9,15H2,1H3. The summed E-state index contributed by atoms with van der Waals surface area (Å²) in [7, 11) is -3.29. The topological polar surface area (TPSA) is 93.5 Å². The summed E-state index contributed by atoms with van der Waals surface area (Å²) in [5.74, 6) is 0.773. The van der Waals surface area contributed by atoms with Crippen LogP contribution in [0.5, 0.6) is 5.75 Å². The van der Waals surface area contributed by atoms with E-state index >= 15 is 0 Å². The number of nitrogens with two attached hydrogens (primary N) is 1. The van der Waals surface area contributed by atoms with Crippen molar-refractivity contribution in [3.63, 3.8) is 0 Å². The number of hydrogen-bond acceptors (Lipinski definition) is 5. The highest BCUT2D eigenvalue weighted by atomic mass is 32.2. The second-order valence-electron chi connectivity index (χ2n) is 5.97. The van der Waals surface area contributed by atoms with E-state index < -0.39 is 10.0 Å². The number of benzene rings is 1. The van der Waals surface area contributed by atoms with Crippen molar-refractivity contribution in [2.45, 2.75) is 30.9 Å². The predicted molar refractivity (Wildman–Crippen MR) is 81.9 cm³/mol. The lowest BCUT2D eigenvalue weighted by atomic mass is 9.81. The molecule has 1 fully saturated rings. The molecule has 2 aliphatic rings. The lowest BCUT2D eigenvalue weighted by Gasteiger charge is -2.44. The summed E-state index contributed by atoms with van der Waals surface area (Å²) in [6.07, 6.45) is 3.80. The number of piperidine rings is 1. The Labute approximate surface area is 125 Å². The first-order valence-corrected chi connectivity index (χ1v) is 9.03. The molecule has 1 spiro atoms. The van der Waals surface area contributed by atoms with Gasteiger partial charge in [-0.1, -0.05) is 0 Å². The number of hydrogen-bond donors (Lipinski definition) is 3. The van der Waals surface area contributed by atoms with Crippen molar-refractivity contribution >= 4 is 15.7 Å². The molecule has 21 heavy (non-hydrogen) atoms. The Balaban J connectivity index is 1.89. The van der Waals surface area contributed by atoms with Gasteiger partial charge in [-0.05, 0) is 44.1 Å². The van der Waals surface area contributed by atoms with Crippen molar-refractivity contribution in [3.05, 3.63) is 23.8 Å². The number of nitrogens with one attached hydrogen (secondary N) is 2. The van der Waals surface area contributed by atoms with Crippen LogP contribution in [0.25, 0.3) is 0 Å². The van der Waals surface area contributed by atoms with Crippen molar-refractivity contribution in [2.24, 2.45) is 5.73 Å². The summed E-state index contributed by atoms with van der Waals surface area (Å²) >= 11 is 0. The summed E-state index contributed by atoms with van der Waals surface area (Å²) in [4.78, 5) is 0. The Morgan fingerprint density at radius 2 is 2.10 bits per heavy atom. The summed E-state index contributed by atoms with van der Waals surface area (Å²) < 4.78 is 31.3. The molecule has 1 unspecified atom stereocenters. The van der Waals surface area contributed by atoms with Crippen LogP contribution in [-0.2, 0) is 10.0 Å². The van der Waals surface area contributed by atoms with Crippen LogP contribution >= 0.6 is 0 Å². The molecule has 0 aliphatic carbocycles. The van der Waals surface area contributed by atoms with E-state index in [1.54, 1.807) is 12.1 Å². The van der Waals surface area contributed by atoms with Crippen molar-refractivity contribution in [2.75, 3.05) is 24.1 Å². The average molecular weight is 311 g/mol. The van der Waals surface area contributed by atoms with Gasteiger partial charge >= 0.3 is 0 Å². The highest BCUT2D eigenvalue weighted by Gasteiger charge is 2.40. The number of rotatable bonds is 2. The Hall–Kier alpha value is -1.31. The molecule has 0 bridgehead atoms. The lowest BCUT2D eigenvalue weighted by Crippen LogP contribution is -2.50. The maximum atomic E-state index is 11.3. The zero-order chi connectivity index (χ0) is 15.1. The van der Waals surface area contributed by atoms with Crippen molar-refractivity contribution in [3.8, 4) is 5.75 Å². The van der Waals surface area contributed by atoms with E-state index in [2.05, 4.69) is 10.0 Å². The summed E-state index contributed by atoms with van der Waals surface area (Å²) in [5, 5.41) is 3.33. The van der Waals surface area contributed by atoms with Crippen molar-refractivity contribution in [1.82, 2.24) is 5.32 Å². The van der Waals surface area contributed by atoms with Crippen LogP contribution in [-0.4, -0.2) is 33.4 Å². The van der Waals surface area contributed by atoms with Crippen LogP contribution in [0.4, 0.5) is 5.69 Å². The van der Waals surface area contributed by atoms with Gasteiger partial charge in [0.2, 0.25) is 10.0 Å². The number of sulfonamides is 1. The minimum Gasteiger partial charge on any atom is -0.487 e.